The molecule has 0 aliphatic rings. The molecular weight excluding hydrogens is 236 g/mol. The number of Topliss-reactive ketones (excluding diaryl/α,β-unsaturated/α-hetero) is 1. The molecule has 0 atom stereocenters. The fourth-order valence-electron chi connectivity index (χ4n) is 0.996. The normalized spacial score (nSPS) is 10.2. The molecule has 66 valence electrons. The summed E-state index contributed by atoms with van der Waals surface area (Å²) < 4.78 is 1.14. The molecule has 0 unspecified atom stereocenters. The van der Waals surface area contributed by atoms with E-state index in [1.807, 2.05) is 0 Å². The highest BCUT2D eigenvalue weighted by atomic mass is 79.9. The van der Waals surface area contributed by atoms with Gasteiger partial charge in [0.15, 0.2) is 0 Å². The molecule has 1 rings (SSSR count). The summed E-state index contributed by atoms with van der Waals surface area (Å²) in [6.45, 7) is 1.64. The topological polar surface area (TPSA) is 17.1 Å². The Kier molecular flexibility index (Phi) is 3.95. The fraction of sp³-hybridized carbons (Fsp3) is 0.444. The molecule has 3 heteroatoms. The van der Waals surface area contributed by atoms with Crippen molar-refractivity contribution in [3.63, 3.8) is 0 Å². The summed E-state index contributed by atoms with van der Waals surface area (Å²) in [6.07, 6.45) is 2.70. The molecule has 0 amide bonds. The number of carbonyl (C=O) groups excluding carboxylic acids is 1. The molecule has 0 N–H and O–H groups in total. The van der Waals surface area contributed by atoms with Crippen LogP contribution in [0.5, 0.6) is 0 Å². The zero-order chi connectivity index (χ0) is 8.97. The third-order valence-corrected chi connectivity index (χ3v) is 3.33. The second-order valence-electron chi connectivity index (χ2n) is 2.79. The van der Waals surface area contributed by atoms with E-state index in [4.69, 9.17) is 0 Å². The van der Waals surface area contributed by atoms with Crippen molar-refractivity contribution in [2.24, 2.45) is 0 Å². The van der Waals surface area contributed by atoms with Gasteiger partial charge in [0.25, 0.3) is 0 Å². The molecule has 12 heavy (non-hydrogen) atoms. The molecule has 0 aromatic carbocycles. The monoisotopic (exact) mass is 246 g/mol. The lowest BCUT2D eigenvalue weighted by molar-refractivity contribution is -0.117. The van der Waals surface area contributed by atoms with Gasteiger partial charge in [-0.25, -0.2) is 0 Å². The van der Waals surface area contributed by atoms with Crippen LogP contribution >= 0.6 is 27.3 Å². The van der Waals surface area contributed by atoms with Crippen LogP contribution in [-0.2, 0) is 11.2 Å². The Morgan fingerprint density at radius 1 is 1.67 bits per heavy atom. The summed E-state index contributed by atoms with van der Waals surface area (Å²) in [7, 11) is 0. The molecule has 0 spiro atoms. The maximum absolute atomic E-state index is 10.6. The minimum absolute atomic E-state index is 0.283. The Morgan fingerprint density at radius 2 is 2.42 bits per heavy atom. The van der Waals surface area contributed by atoms with Crippen LogP contribution in [0.4, 0.5) is 0 Å². The van der Waals surface area contributed by atoms with Gasteiger partial charge in [-0.15, -0.1) is 11.3 Å². The predicted octanol–water partition coefficient (Wildman–Crippen LogP) is 3.42. The third-order valence-electron chi connectivity index (χ3n) is 1.57. The number of halogens is 1. The zero-order valence-corrected chi connectivity index (χ0v) is 9.37. The number of aryl methyl sites for hydroxylation is 1. The molecule has 1 aromatic heterocycles. The van der Waals surface area contributed by atoms with Gasteiger partial charge in [0.1, 0.15) is 5.78 Å². The molecule has 1 heterocycles. The molecule has 0 aliphatic heterocycles. The SMILES string of the molecule is CC(=O)CCCc1cc(Br)cs1. The quantitative estimate of drug-likeness (QED) is 0.796. The fourth-order valence-corrected chi connectivity index (χ4v) is 2.49. The molecule has 0 radical (unpaired) electrons. The Balaban J connectivity index is 2.29. The van der Waals surface area contributed by atoms with Crippen LogP contribution in [0.3, 0.4) is 0 Å². The van der Waals surface area contributed by atoms with E-state index in [9.17, 15) is 4.79 Å². The molecular formula is C9H11BrOS. The molecule has 0 bridgehead atoms. The van der Waals surface area contributed by atoms with Crippen LogP contribution in [0.2, 0.25) is 0 Å². The van der Waals surface area contributed by atoms with E-state index < -0.39 is 0 Å². The molecule has 0 saturated carbocycles. The smallest absolute Gasteiger partial charge is 0.129 e. The summed E-state index contributed by atoms with van der Waals surface area (Å²) in [6, 6.07) is 2.12. The van der Waals surface area contributed by atoms with Crippen LogP contribution in [-0.4, -0.2) is 5.78 Å². The Hall–Kier alpha value is -0.150. The number of thiophene rings is 1. The first-order valence-electron chi connectivity index (χ1n) is 3.91. The highest BCUT2D eigenvalue weighted by Crippen LogP contribution is 2.21. The van der Waals surface area contributed by atoms with Crippen molar-refractivity contribution in [1.82, 2.24) is 0 Å². The molecule has 0 aliphatic carbocycles. The van der Waals surface area contributed by atoms with Crippen LogP contribution < -0.4 is 0 Å². The zero-order valence-electron chi connectivity index (χ0n) is 6.97. The average molecular weight is 247 g/mol. The second-order valence-corrected chi connectivity index (χ2v) is 4.70. The van der Waals surface area contributed by atoms with E-state index in [1.165, 1.54) is 4.88 Å². The van der Waals surface area contributed by atoms with Crippen molar-refractivity contribution in [2.45, 2.75) is 26.2 Å². The first-order valence-corrected chi connectivity index (χ1v) is 5.58. The molecule has 1 aromatic rings. The number of ketones is 1. The number of hydrogen-bond donors (Lipinski definition) is 0. The van der Waals surface area contributed by atoms with Crippen molar-refractivity contribution in [2.75, 3.05) is 0 Å². The highest BCUT2D eigenvalue weighted by molar-refractivity contribution is 9.10. The first-order chi connectivity index (χ1) is 5.68. The van der Waals surface area contributed by atoms with E-state index in [0.29, 0.717) is 6.42 Å². The maximum atomic E-state index is 10.6. The standard InChI is InChI=1S/C9H11BrOS/c1-7(11)3-2-4-9-5-8(10)6-12-9/h5-6H,2-4H2,1H3. The lowest BCUT2D eigenvalue weighted by Gasteiger charge is -1.93. The van der Waals surface area contributed by atoms with Crippen molar-refractivity contribution in [3.8, 4) is 0 Å². The van der Waals surface area contributed by atoms with Gasteiger partial charge in [-0.05, 0) is 41.8 Å². The lowest BCUT2D eigenvalue weighted by Crippen LogP contribution is -1.90. The van der Waals surface area contributed by atoms with Gasteiger partial charge in [0, 0.05) is 21.2 Å². The van der Waals surface area contributed by atoms with Gasteiger partial charge in [0.05, 0.1) is 0 Å². The van der Waals surface area contributed by atoms with Crippen molar-refractivity contribution in [3.05, 3.63) is 20.8 Å². The Morgan fingerprint density at radius 3 is 2.92 bits per heavy atom. The van der Waals surface area contributed by atoms with E-state index in [1.54, 1.807) is 18.3 Å². The minimum Gasteiger partial charge on any atom is -0.300 e. The van der Waals surface area contributed by atoms with Crippen LogP contribution in [0.15, 0.2) is 15.9 Å². The first kappa shape index (κ1) is 9.93. The average Bonchev–Trinajstić information content (AvgIpc) is 2.35. The third kappa shape index (κ3) is 3.50. The van der Waals surface area contributed by atoms with Gasteiger partial charge < -0.3 is 4.79 Å². The molecule has 0 fully saturated rings. The Labute approximate surface area is 84.9 Å². The van der Waals surface area contributed by atoms with E-state index >= 15 is 0 Å². The van der Waals surface area contributed by atoms with E-state index in [2.05, 4.69) is 27.4 Å². The summed E-state index contributed by atoms with van der Waals surface area (Å²) in [5.41, 5.74) is 0. The highest BCUT2D eigenvalue weighted by Gasteiger charge is 1.98. The number of hydrogen-bond acceptors (Lipinski definition) is 2. The van der Waals surface area contributed by atoms with Gasteiger partial charge in [-0.1, -0.05) is 0 Å². The number of rotatable bonds is 4. The van der Waals surface area contributed by atoms with Gasteiger partial charge in [-0.2, -0.15) is 0 Å². The predicted molar refractivity (Wildman–Crippen MR) is 55.6 cm³/mol. The summed E-state index contributed by atoms with van der Waals surface area (Å²) >= 11 is 5.14. The van der Waals surface area contributed by atoms with Gasteiger partial charge in [0.2, 0.25) is 0 Å². The summed E-state index contributed by atoms with van der Waals surface area (Å²) in [4.78, 5) is 12.0. The number of carbonyl (C=O) groups is 1. The van der Waals surface area contributed by atoms with Crippen LogP contribution in [0.25, 0.3) is 0 Å². The summed E-state index contributed by atoms with van der Waals surface area (Å²) in [5, 5.41) is 2.07. The van der Waals surface area contributed by atoms with Gasteiger partial charge in [-0.3, -0.25) is 0 Å². The Bertz CT molecular complexity index is 267. The van der Waals surface area contributed by atoms with Crippen LogP contribution in [0, 0.1) is 0 Å². The lowest BCUT2D eigenvalue weighted by atomic mass is 10.2. The largest absolute Gasteiger partial charge is 0.300 e. The van der Waals surface area contributed by atoms with Gasteiger partial charge >= 0.3 is 0 Å². The van der Waals surface area contributed by atoms with Crippen LogP contribution in [0.1, 0.15) is 24.6 Å². The summed E-state index contributed by atoms with van der Waals surface area (Å²) in [5.74, 6) is 0.283. The van der Waals surface area contributed by atoms with Crippen molar-refractivity contribution >= 4 is 33.0 Å². The van der Waals surface area contributed by atoms with Crippen molar-refractivity contribution in [1.29, 1.82) is 0 Å². The van der Waals surface area contributed by atoms with E-state index in [0.717, 1.165) is 17.3 Å². The second kappa shape index (κ2) is 4.77. The molecule has 0 saturated heterocycles. The van der Waals surface area contributed by atoms with Crippen molar-refractivity contribution < 1.29 is 4.79 Å². The van der Waals surface area contributed by atoms with E-state index in [-0.39, 0.29) is 5.78 Å². The minimum atomic E-state index is 0.283. The maximum Gasteiger partial charge on any atom is 0.129 e. The molecule has 1 nitrogen and oxygen atoms in total.